The number of aromatic nitrogens is 6. The van der Waals surface area contributed by atoms with Crippen molar-refractivity contribution >= 4 is 11.7 Å². The molecule has 0 spiro atoms. The van der Waals surface area contributed by atoms with E-state index in [1.54, 1.807) is 30.7 Å². The van der Waals surface area contributed by atoms with Gasteiger partial charge in [0, 0.05) is 18.4 Å². The van der Waals surface area contributed by atoms with Gasteiger partial charge in [0.1, 0.15) is 17.6 Å². The molecule has 0 saturated heterocycles. The lowest BCUT2D eigenvalue weighted by Crippen LogP contribution is -2.14. The molecule has 1 amide bonds. The van der Waals surface area contributed by atoms with Crippen molar-refractivity contribution in [2.24, 2.45) is 0 Å². The maximum atomic E-state index is 13.6. The number of anilines is 1. The number of rotatable bonds is 6. The number of hydrogen-bond acceptors (Lipinski definition) is 6. The molecule has 4 rings (SSSR count). The molecular formula is C22H18F2N8O. The lowest BCUT2D eigenvalue weighted by molar-refractivity contribution is 0.101. The first-order valence-electron chi connectivity index (χ1n) is 9.91. The number of nitrogens with zero attached hydrogens (tertiary/aromatic N) is 7. The summed E-state index contributed by atoms with van der Waals surface area (Å²) in [5.74, 6) is -0.599. The van der Waals surface area contributed by atoms with Crippen LogP contribution in [0.2, 0.25) is 0 Å². The van der Waals surface area contributed by atoms with Gasteiger partial charge in [-0.2, -0.15) is 10.4 Å². The van der Waals surface area contributed by atoms with E-state index in [9.17, 15) is 13.6 Å². The Morgan fingerprint density at radius 1 is 1.18 bits per heavy atom. The molecule has 0 aliphatic heterocycles. The molecule has 11 heteroatoms. The number of alkyl halides is 2. The van der Waals surface area contributed by atoms with Crippen molar-refractivity contribution in [3.05, 3.63) is 72.2 Å². The summed E-state index contributed by atoms with van der Waals surface area (Å²) in [6.07, 6.45) is 4.22. The van der Waals surface area contributed by atoms with Crippen LogP contribution in [0.25, 0.3) is 17.1 Å². The molecule has 0 saturated carbocycles. The average Bonchev–Trinajstić information content (AvgIpc) is 3.47. The van der Waals surface area contributed by atoms with E-state index >= 15 is 0 Å². The van der Waals surface area contributed by atoms with Crippen molar-refractivity contribution in [1.82, 2.24) is 29.3 Å². The molecule has 0 aliphatic rings. The number of carbonyl (C=O) groups is 1. The first-order chi connectivity index (χ1) is 15.9. The fourth-order valence-corrected chi connectivity index (χ4v) is 3.22. The molecule has 0 aliphatic carbocycles. The van der Waals surface area contributed by atoms with Gasteiger partial charge in [-0.3, -0.25) is 9.78 Å². The van der Waals surface area contributed by atoms with E-state index in [1.807, 2.05) is 24.5 Å². The predicted octanol–water partition coefficient (Wildman–Crippen LogP) is 4.17. The van der Waals surface area contributed by atoms with E-state index < -0.39 is 18.0 Å². The Balaban J connectivity index is 1.64. The van der Waals surface area contributed by atoms with Gasteiger partial charge in [-0.25, -0.2) is 23.4 Å². The quantitative estimate of drug-likeness (QED) is 0.474. The summed E-state index contributed by atoms with van der Waals surface area (Å²) < 4.78 is 30.3. The maximum absolute atomic E-state index is 13.6. The highest BCUT2D eigenvalue weighted by molar-refractivity contribution is 6.04. The van der Waals surface area contributed by atoms with Gasteiger partial charge in [0.15, 0.2) is 0 Å². The first-order valence-corrected chi connectivity index (χ1v) is 9.91. The second kappa shape index (κ2) is 8.96. The number of hydrogen-bond donors (Lipinski definition) is 1. The Kier molecular flexibility index (Phi) is 5.91. The van der Waals surface area contributed by atoms with Crippen LogP contribution in [0.15, 0.2) is 55.4 Å². The van der Waals surface area contributed by atoms with Crippen molar-refractivity contribution in [3.8, 4) is 23.1 Å². The lowest BCUT2D eigenvalue weighted by Gasteiger charge is -2.12. The Morgan fingerprint density at radius 3 is 2.73 bits per heavy atom. The Bertz CT molecular complexity index is 1350. The zero-order chi connectivity index (χ0) is 23.5. The molecule has 33 heavy (non-hydrogen) atoms. The van der Waals surface area contributed by atoms with E-state index in [0.717, 1.165) is 10.4 Å². The standard InChI is InChI=1S/C22H18F2N8O/c1-13(2)31-12-27-10-18(31)17-4-3-5-19(28-17)29-22(33)16-11-32(30-20(16)21(23)24)15-6-14(7-25)8-26-9-15/h3-6,8-13,21H,1-2H3,(H,28,29,33). The number of halogens is 2. The number of carbonyl (C=O) groups excluding carboxylic acids is 1. The van der Waals surface area contributed by atoms with Crippen molar-refractivity contribution in [1.29, 1.82) is 5.26 Å². The van der Waals surface area contributed by atoms with Gasteiger partial charge in [-0.05, 0) is 32.0 Å². The highest BCUT2D eigenvalue weighted by Crippen LogP contribution is 2.25. The molecule has 0 unspecified atom stereocenters. The summed E-state index contributed by atoms with van der Waals surface area (Å²) in [5.41, 5.74) is 0.831. The van der Waals surface area contributed by atoms with Crippen LogP contribution in [0.3, 0.4) is 0 Å². The fourth-order valence-electron chi connectivity index (χ4n) is 3.22. The Morgan fingerprint density at radius 2 is 2.00 bits per heavy atom. The summed E-state index contributed by atoms with van der Waals surface area (Å²) in [6.45, 7) is 4.00. The van der Waals surface area contributed by atoms with Crippen LogP contribution < -0.4 is 5.32 Å². The second-order valence-corrected chi connectivity index (χ2v) is 7.36. The highest BCUT2D eigenvalue weighted by Gasteiger charge is 2.24. The molecule has 4 aromatic heterocycles. The normalized spacial score (nSPS) is 11.1. The molecule has 1 N–H and O–H groups in total. The Hall–Kier alpha value is -4.46. The van der Waals surface area contributed by atoms with Gasteiger partial charge in [0.05, 0.1) is 46.9 Å². The summed E-state index contributed by atoms with van der Waals surface area (Å²) in [6, 6.07) is 8.53. The zero-order valence-electron chi connectivity index (χ0n) is 17.6. The number of nitriles is 1. The molecule has 0 radical (unpaired) electrons. The summed E-state index contributed by atoms with van der Waals surface area (Å²) >= 11 is 0. The van der Waals surface area contributed by atoms with Gasteiger partial charge in [0.2, 0.25) is 0 Å². The topological polar surface area (TPSA) is 114 Å². The number of pyridine rings is 2. The molecular weight excluding hydrogens is 430 g/mol. The third-order valence-corrected chi connectivity index (χ3v) is 4.79. The summed E-state index contributed by atoms with van der Waals surface area (Å²) in [7, 11) is 0. The van der Waals surface area contributed by atoms with E-state index in [1.165, 1.54) is 24.7 Å². The van der Waals surface area contributed by atoms with Gasteiger partial charge in [-0.1, -0.05) is 6.07 Å². The van der Waals surface area contributed by atoms with Crippen molar-refractivity contribution in [2.75, 3.05) is 5.32 Å². The minimum Gasteiger partial charge on any atom is -0.327 e. The first kappa shape index (κ1) is 21.8. The molecule has 0 bridgehead atoms. The smallest absolute Gasteiger partial charge is 0.282 e. The minimum absolute atomic E-state index is 0.149. The molecule has 0 aromatic carbocycles. The second-order valence-electron chi connectivity index (χ2n) is 7.36. The van der Waals surface area contributed by atoms with Crippen LogP contribution in [0, 0.1) is 11.3 Å². The fraction of sp³-hybridized carbons (Fsp3) is 0.182. The van der Waals surface area contributed by atoms with Crippen LogP contribution in [-0.2, 0) is 0 Å². The number of amides is 1. The summed E-state index contributed by atoms with van der Waals surface area (Å²) in [5, 5.41) is 15.4. The van der Waals surface area contributed by atoms with Crippen LogP contribution in [-0.4, -0.2) is 35.2 Å². The van der Waals surface area contributed by atoms with Gasteiger partial charge in [0.25, 0.3) is 12.3 Å². The molecule has 4 heterocycles. The number of nitrogens with one attached hydrogen (secondary N) is 1. The molecule has 9 nitrogen and oxygen atoms in total. The van der Waals surface area contributed by atoms with Crippen LogP contribution in [0.4, 0.5) is 14.6 Å². The van der Waals surface area contributed by atoms with E-state index in [0.29, 0.717) is 5.69 Å². The van der Waals surface area contributed by atoms with Gasteiger partial charge in [-0.15, -0.1) is 0 Å². The van der Waals surface area contributed by atoms with Crippen LogP contribution >= 0.6 is 0 Å². The minimum atomic E-state index is -2.99. The van der Waals surface area contributed by atoms with E-state index in [2.05, 4.69) is 25.4 Å². The van der Waals surface area contributed by atoms with Crippen molar-refractivity contribution < 1.29 is 13.6 Å². The van der Waals surface area contributed by atoms with Crippen molar-refractivity contribution in [2.45, 2.75) is 26.3 Å². The van der Waals surface area contributed by atoms with E-state index in [4.69, 9.17) is 5.26 Å². The lowest BCUT2D eigenvalue weighted by atomic mass is 10.2. The Labute approximate surface area is 187 Å². The predicted molar refractivity (Wildman–Crippen MR) is 115 cm³/mol. The highest BCUT2D eigenvalue weighted by atomic mass is 19.3. The third kappa shape index (κ3) is 4.45. The van der Waals surface area contributed by atoms with Gasteiger partial charge >= 0.3 is 0 Å². The van der Waals surface area contributed by atoms with E-state index in [-0.39, 0.29) is 28.7 Å². The van der Waals surface area contributed by atoms with Crippen molar-refractivity contribution in [3.63, 3.8) is 0 Å². The number of imidazole rings is 1. The largest absolute Gasteiger partial charge is 0.327 e. The maximum Gasteiger partial charge on any atom is 0.282 e. The molecule has 166 valence electrons. The SMILES string of the molecule is CC(C)n1cncc1-c1cccc(NC(=O)c2cn(-c3cncc(C#N)c3)nc2C(F)F)n1. The third-order valence-electron chi connectivity index (χ3n) is 4.79. The zero-order valence-corrected chi connectivity index (χ0v) is 17.6. The van der Waals surface area contributed by atoms with Crippen LogP contribution in [0.1, 0.15) is 47.9 Å². The molecule has 0 fully saturated rings. The van der Waals surface area contributed by atoms with Crippen LogP contribution in [0.5, 0.6) is 0 Å². The molecule has 4 aromatic rings. The summed E-state index contributed by atoms with van der Waals surface area (Å²) in [4.78, 5) is 25.3. The average molecular weight is 448 g/mol. The van der Waals surface area contributed by atoms with Gasteiger partial charge < -0.3 is 9.88 Å². The monoisotopic (exact) mass is 448 g/mol. The molecule has 0 atom stereocenters.